The van der Waals surface area contributed by atoms with Gasteiger partial charge in [0.15, 0.2) is 4.75 Å². The summed E-state index contributed by atoms with van der Waals surface area (Å²) in [6, 6.07) is 13.5. The van der Waals surface area contributed by atoms with Crippen LogP contribution in [0.1, 0.15) is 11.1 Å². The number of hydrogen-bond donors (Lipinski definition) is 3. The maximum atomic E-state index is 12.2. The fourth-order valence-electron chi connectivity index (χ4n) is 3.04. The summed E-state index contributed by atoms with van der Waals surface area (Å²) in [6.07, 6.45) is -1.36. The van der Waals surface area contributed by atoms with E-state index in [0.29, 0.717) is 22.3 Å². The molecule has 2 aromatic rings. The third-order valence-electron chi connectivity index (χ3n) is 3.94. The largest absolute Gasteiger partial charge is 0.465 e. The van der Waals surface area contributed by atoms with E-state index >= 15 is 0 Å². The molecule has 0 atom stereocenters. The normalized spacial score (nSPS) is 15.0. The molecule has 0 unspecified atom stereocenters. The molecule has 114 valence electrons. The highest BCUT2D eigenvalue weighted by Gasteiger charge is 2.53. The summed E-state index contributed by atoms with van der Waals surface area (Å²) in [5, 5.41) is 11.0. The van der Waals surface area contributed by atoms with Crippen molar-refractivity contribution in [3.05, 3.63) is 59.7 Å². The van der Waals surface area contributed by atoms with Crippen LogP contribution in [-0.2, 0) is 14.9 Å². The average molecular weight is 319 g/mol. The van der Waals surface area contributed by atoms with Gasteiger partial charge >= 0.3 is 6.09 Å². The lowest BCUT2D eigenvalue weighted by Gasteiger charge is -2.28. The van der Waals surface area contributed by atoms with E-state index in [1.165, 1.54) is 0 Å². The molecule has 0 radical (unpaired) electrons. The fourth-order valence-corrected chi connectivity index (χ4v) is 4.21. The number of carbonyl (C=O) groups is 1. The van der Waals surface area contributed by atoms with Gasteiger partial charge in [-0.1, -0.05) is 48.5 Å². The van der Waals surface area contributed by atoms with Crippen molar-refractivity contribution in [3.8, 4) is 11.1 Å². The second-order valence-electron chi connectivity index (χ2n) is 5.05. The SMILES string of the molecule is O=C(O)NCC1(S(=O)(=O)O)c2ccccc2-c2ccccc21. The summed E-state index contributed by atoms with van der Waals surface area (Å²) in [7, 11) is -4.61. The van der Waals surface area contributed by atoms with Crippen molar-refractivity contribution >= 4 is 16.2 Å². The first-order chi connectivity index (χ1) is 10.4. The van der Waals surface area contributed by atoms with E-state index in [4.69, 9.17) is 5.11 Å². The van der Waals surface area contributed by atoms with Crippen LogP contribution in [0, 0.1) is 0 Å². The minimum absolute atomic E-state index is 0.368. The molecule has 6 nitrogen and oxygen atoms in total. The van der Waals surface area contributed by atoms with Gasteiger partial charge in [-0.2, -0.15) is 8.42 Å². The Morgan fingerprint density at radius 2 is 1.45 bits per heavy atom. The van der Waals surface area contributed by atoms with E-state index in [0.717, 1.165) is 0 Å². The summed E-state index contributed by atoms with van der Waals surface area (Å²) in [6.45, 7) is -0.463. The Morgan fingerprint density at radius 3 is 1.86 bits per heavy atom. The highest BCUT2D eigenvalue weighted by Crippen LogP contribution is 2.51. The molecule has 2 aromatic carbocycles. The standard InChI is InChI=1S/C15H13NO5S/c17-14(18)16-9-15(22(19,20)21)12-7-3-1-5-10(12)11-6-2-4-8-13(11)15/h1-8,16H,9H2,(H,17,18)(H,19,20,21). The number of hydrogen-bond acceptors (Lipinski definition) is 3. The lowest BCUT2D eigenvalue weighted by Crippen LogP contribution is -2.45. The zero-order chi connectivity index (χ0) is 16.0. The van der Waals surface area contributed by atoms with Crippen LogP contribution in [0.3, 0.4) is 0 Å². The monoisotopic (exact) mass is 319 g/mol. The summed E-state index contributed by atoms with van der Waals surface area (Å²) < 4.78 is 32.5. The lowest BCUT2D eigenvalue weighted by atomic mass is 9.95. The Kier molecular flexibility index (Phi) is 3.19. The summed E-state index contributed by atoms with van der Waals surface area (Å²) >= 11 is 0. The van der Waals surface area contributed by atoms with Gasteiger partial charge in [-0.25, -0.2) is 4.79 Å². The molecule has 1 amide bonds. The van der Waals surface area contributed by atoms with Crippen molar-refractivity contribution < 1.29 is 22.9 Å². The quantitative estimate of drug-likeness (QED) is 0.751. The predicted octanol–water partition coefficient (Wildman–Crippen LogP) is 2.07. The van der Waals surface area contributed by atoms with Crippen LogP contribution in [-0.4, -0.2) is 30.7 Å². The molecule has 0 bridgehead atoms. The molecule has 0 spiro atoms. The van der Waals surface area contributed by atoms with Gasteiger partial charge in [0.2, 0.25) is 0 Å². The highest BCUT2D eigenvalue weighted by atomic mass is 32.2. The van der Waals surface area contributed by atoms with Gasteiger partial charge in [-0.3, -0.25) is 4.55 Å². The molecule has 0 aliphatic heterocycles. The Morgan fingerprint density at radius 1 is 1.00 bits per heavy atom. The van der Waals surface area contributed by atoms with E-state index in [1.807, 2.05) is 0 Å². The smallest absolute Gasteiger partial charge is 0.404 e. The number of rotatable bonds is 3. The molecule has 7 heteroatoms. The van der Waals surface area contributed by atoms with Crippen molar-refractivity contribution in [2.75, 3.05) is 6.54 Å². The van der Waals surface area contributed by atoms with E-state index in [1.54, 1.807) is 48.5 Å². The molecule has 0 saturated heterocycles. The second-order valence-corrected chi connectivity index (χ2v) is 6.70. The van der Waals surface area contributed by atoms with Crippen molar-refractivity contribution in [3.63, 3.8) is 0 Å². The minimum atomic E-state index is -4.61. The summed E-state index contributed by atoms with van der Waals surface area (Å²) in [4.78, 5) is 10.9. The third-order valence-corrected chi connectivity index (χ3v) is 5.41. The van der Waals surface area contributed by atoms with Crippen LogP contribution in [0.4, 0.5) is 4.79 Å². The summed E-state index contributed by atoms with van der Waals surface area (Å²) in [5.41, 5.74) is 2.07. The molecule has 3 rings (SSSR count). The Hall–Kier alpha value is -2.38. The van der Waals surface area contributed by atoms with Gasteiger partial charge in [0.1, 0.15) is 0 Å². The average Bonchev–Trinajstić information content (AvgIpc) is 2.76. The number of amides is 1. The van der Waals surface area contributed by atoms with E-state index in [2.05, 4.69) is 5.32 Å². The van der Waals surface area contributed by atoms with Gasteiger partial charge < -0.3 is 10.4 Å². The first-order valence-electron chi connectivity index (χ1n) is 6.51. The first-order valence-corrected chi connectivity index (χ1v) is 7.95. The first kappa shape index (κ1) is 14.6. The molecule has 0 aromatic heterocycles. The lowest BCUT2D eigenvalue weighted by molar-refractivity contribution is 0.193. The van der Waals surface area contributed by atoms with Crippen LogP contribution in [0.25, 0.3) is 11.1 Å². The molecule has 0 fully saturated rings. The Balaban J connectivity index is 2.36. The maximum Gasteiger partial charge on any atom is 0.404 e. The van der Waals surface area contributed by atoms with Crippen LogP contribution in [0.15, 0.2) is 48.5 Å². The van der Waals surface area contributed by atoms with Crippen LogP contribution < -0.4 is 5.32 Å². The summed E-state index contributed by atoms with van der Waals surface area (Å²) in [5.74, 6) is 0. The Labute approximate surface area is 127 Å². The van der Waals surface area contributed by atoms with Crippen LogP contribution >= 0.6 is 0 Å². The van der Waals surface area contributed by atoms with Gasteiger partial charge in [-0.15, -0.1) is 0 Å². The topological polar surface area (TPSA) is 104 Å². The van der Waals surface area contributed by atoms with E-state index < -0.39 is 27.5 Å². The molecule has 1 aliphatic rings. The van der Waals surface area contributed by atoms with Gasteiger partial charge in [-0.05, 0) is 22.3 Å². The number of nitrogens with one attached hydrogen (secondary N) is 1. The zero-order valence-electron chi connectivity index (χ0n) is 11.4. The highest BCUT2D eigenvalue weighted by molar-refractivity contribution is 7.87. The zero-order valence-corrected chi connectivity index (χ0v) is 12.2. The molecular weight excluding hydrogens is 306 g/mol. The molecule has 0 saturated carbocycles. The van der Waals surface area contributed by atoms with Crippen molar-refractivity contribution in [2.24, 2.45) is 0 Å². The second kappa shape index (κ2) is 4.82. The van der Waals surface area contributed by atoms with Crippen LogP contribution in [0.2, 0.25) is 0 Å². The molecular formula is C15H13NO5S. The maximum absolute atomic E-state index is 12.2. The number of carboxylic acid groups (broad SMARTS) is 1. The molecule has 0 heterocycles. The number of fused-ring (bicyclic) bond motifs is 3. The fraction of sp³-hybridized carbons (Fsp3) is 0.133. The van der Waals surface area contributed by atoms with Crippen LogP contribution in [0.5, 0.6) is 0 Å². The van der Waals surface area contributed by atoms with Gasteiger partial charge in [0, 0.05) is 0 Å². The molecule has 1 aliphatic carbocycles. The van der Waals surface area contributed by atoms with Crippen molar-refractivity contribution in [2.45, 2.75) is 4.75 Å². The van der Waals surface area contributed by atoms with Gasteiger partial charge in [0.25, 0.3) is 10.1 Å². The molecule has 3 N–H and O–H groups in total. The van der Waals surface area contributed by atoms with Crippen molar-refractivity contribution in [1.82, 2.24) is 5.32 Å². The number of benzene rings is 2. The minimum Gasteiger partial charge on any atom is -0.465 e. The van der Waals surface area contributed by atoms with E-state index in [9.17, 15) is 17.8 Å². The Bertz CT molecular complexity index is 814. The molecule has 22 heavy (non-hydrogen) atoms. The van der Waals surface area contributed by atoms with Crippen molar-refractivity contribution in [1.29, 1.82) is 0 Å². The predicted molar refractivity (Wildman–Crippen MR) is 80.2 cm³/mol. The van der Waals surface area contributed by atoms with Gasteiger partial charge in [0.05, 0.1) is 6.54 Å². The van der Waals surface area contributed by atoms with E-state index in [-0.39, 0.29) is 0 Å². The third kappa shape index (κ3) is 1.90.